The van der Waals surface area contributed by atoms with Crippen molar-refractivity contribution in [3.05, 3.63) is 36.5 Å². The average molecular weight is 396 g/mol. The van der Waals surface area contributed by atoms with Crippen LogP contribution in [-0.4, -0.2) is 27.5 Å². The summed E-state index contributed by atoms with van der Waals surface area (Å²) in [6.45, 7) is -1.49. The molecule has 0 bridgehead atoms. The SMILES string of the molecule is CCC(Oc1cccc(Oc2ccnc(OC(F)F)c2)n1)SC(F)(F)F. The fourth-order valence-corrected chi connectivity index (χ4v) is 2.34. The Morgan fingerprint density at radius 3 is 2.46 bits per heavy atom. The molecule has 2 rings (SSSR count). The molecule has 1 unspecified atom stereocenters. The molecule has 0 aliphatic rings. The second kappa shape index (κ2) is 8.88. The zero-order valence-electron chi connectivity index (χ0n) is 13.2. The number of hydrogen-bond acceptors (Lipinski definition) is 6. The third-order valence-electron chi connectivity index (χ3n) is 2.69. The summed E-state index contributed by atoms with van der Waals surface area (Å²) in [4.78, 5) is 7.53. The number of hydrogen-bond donors (Lipinski definition) is 0. The Labute approximate surface area is 149 Å². The van der Waals surface area contributed by atoms with Gasteiger partial charge in [-0.05, 0) is 24.2 Å². The molecule has 0 aliphatic heterocycles. The largest absolute Gasteiger partial charge is 0.463 e. The van der Waals surface area contributed by atoms with Crippen LogP contribution in [0.3, 0.4) is 0 Å². The van der Waals surface area contributed by atoms with E-state index in [2.05, 4.69) is 14.7 Å². The lowest BCUT2D eigenvalue weighted by Gasteiger charge is -2.17. The quantitative estimate of drug-likeness (QED) is 0.449. The highest BCUT2D eigenvalue weighted by Crippen LogP contribution is 2.36. The summed E-state index contributed by atoms with van der Waals surface area (Å²) in [5, 5.41) is 0. The molecule has 142 valence electrons. The summed E-state index contributed by atoms with van der Waals surface area (Å²) in [6, 6.07) is 6.78. The molecule has 0 saturated heterocycles. The molecular weight excluding hydrogens is 383 g/mol. The van der Waals surface area contributed by atoms with E-state index in [1.54, 1.807) is 6.92 Å². The third kappa shape index (κ3) is 6.90. The van der Waals surface area contributed by atoms with Crippen molar-refractivity contribution in [2.45, 2.75) is 30.9 Å². The van der Waals surface area contributed by atoms with Gasteiger partial charge >= 0.3 is 12.1 Å². The van der Waals surface area contributed by atoms with Gasteiger partial charge < -0.3 is 14.2 Å². The highest BCUT2D eigenvalue weighted by Gasteiger charge is 2.33. The molecule has 2 aromatic heterocycles. The van der Waals surface area contributed by atoms with Gasteiger partial charge in [-0.1, -0.05) is 13.0 Å². The Bertz CT molecular complexity index is 718. The zero-order valence-corrected chi connectivity index (χ0v) is 14.1. The van der Waals surface area contributed by atoms with Gasteiger partial charge in [0.25, 0.3) is 0 Å². The van der Waals surface area contributed by atoms with E-state index in [4.69, 9.17) is 9.47 Å². The highest BCUT2D eigenvalue weighted by atomic mass is 32.2. The van der Waals surface area contributed by atoms with Gasteiger partial charge in [0.2, 0.25) is 17.6 Å². The predicted octanol–water partition coefficient (Wildman–Crippen LogP) is 5.24. The van der Waals surface area contributed by atoms with Crippen LogP contribution in [0, 0.1) is 0 Å². The van der Waals surface area contributed by atoms with Crippen molar-refractivity contribution >= 4 is 11.8 Å². The standard InChI is InChI=1S/C15H13F5N2O3S/c1-2-13(26-15(18,19)20)24-11-5-3-4-10(22-11)23-9-6-7-21-12(8-9)25-14(16)17/h3-8,13-14H,2H2,1H3. The first-order valence-electron chi connectivity index (χ1n) is 7.22. The minimum Gasteiger partial charge on any atom is -0.463 e. The van der Waals surface area contributed by atoms with Crippen LogP contribution < -0.4 is 14.2 Å². The van der Waals surface area contributed by atoms with Gasteiger partial charge in [-0.3, -0.25) is 0 Å². The van der Waals surface area contributed by atoms with Gasteiger partial charge in [-0.2, -0.15) is 26.9 Å². The van der Waals surface area contributed by atoms with Crippen LogP contribution in [0.15, 0.2) is 36.5 Å². The zero-order chi connectivity index (χ0) is 19.2. The van der Waals surface area contributed by atoms with Crippen LogP contribution in [0.2, 0.25) is 0 Å². The van der Waals surface area contributed by atoms with Crippen LogP contribution in [0.25, 0.3) is 0 Å². The van der Waals surface area contributed by atoms with Crippen LogP contribution in [-0.2, 0) is 0 Å². The number of pyridine rings is 2. The molecule has 26 heavy (non-hydrogen) atoms. The van der Waals surface area contributed by atoms with E-state index in [1.165, 1.54) is 30.5 Å². The van der Waals surface area contributed by atoms with E-state index in [9.17, 15) is 22.0 Å². The van der Waals surface area contributed by atoms with Crippen molar-refractivity contribution in [2.75, 3.05) is 0 Å². The topological polar surface area (TPSA) is 53.5 Å². The van der Waals surface area contributed by atoms with Crippen molar-refractivity contribution < 1.29 is 36.2 Å². The van der Waals surface area contributed by atoms with E-state index < -0.39 is 17.6 Å². The average Bonchev–Trinajstić information content (AvgIpc) is 2.53. The Morgan fingerprint density at radius 2 is 1.81 bits per heavy atom. The van der Waals surface area contributed by atoms with Crippen molar-refractivity contribution in [2.24, 2.45) is 0 Å². The molecule has 0 spiro atoms. The molecule has 5 nitrogen and oxygen atoms in total. The second-order valence-electron chi connectivity index (χ2n) is 4.64. The lowest BCUT2D eigenvalue weighted by atomic mass is 10.4. The lowest BCUT2D eigenvalue weighted by molar-refractivity contribution is -0.0529. The number of rotatable bonds is 8. The smallest absolute Gasteiger partial charge is 0.445 e. The van der Waals surface area contributed by atoms with E-state index >= 15 is 0 Å². The minimum absolute atomic E-state index is 0.00330. The molecule has 2 heterocycles. The maximum absolute atomic E-state index is 12.5. The lowest BCUT2D eigenvalue weighted by Crippen LogP contribution is -2.17. The molecule has 0 N–H and O–H groups in total. The number of aromatic nitrogens is 2. The molecule has 1 atom stereocenters. The fourth-order valence-electron chi connectivity index (χ4n) is 1.72. The molecule has 0 aliphatic carbocycles. The number of nitrogens with zero attached hydrogens (tertiary/aromatic N) is 2. The molecule has 0 saturated carbocycles. The summed E-state index contributed by atoms with van der Waals surface area (Å²) < 4.78 is 76.5. The van der Waals surface area contributed by atoms with Crippen molar-refractivity contribution in [3.8, 4) is 23.4 Å². The molecular formula is C15H13F5N2O3S. The van der Waals surface area contributed by atoms with Crippen LogP contribution in [0.1, 0.15) is 13.3 Å². The van der Waals surface area contributed by atoms with E-state index in [-0.39, 0.29) is 41.6 Å². The number of thioether (sulfide) groups is 1. The summed E-state index contributed by atoms with van der Waals surface area (Å²) in [6.07, 6.45) is 1.30. The molecule has 2 aromatic rings. The van der Waals surface area contributed by atoms with Gasteiger partial charge in [-0.15, -0.1) is 0 Å². The van der Waals surface area contributed by atoms with E-state index in [0.717, 1.165) is 6.07 Å². The maximum atomic E-state index is 12.5. The summed E-state index contributed by atoms with van der Waals surface area (Å²) in [7, 11) is 0. The predicted molar refractivity (Wildman–Crippen MR) is 83.5 cm³/mol. The molecule has 0 amide bonds. The highest BCUT2D eigenvalue weighted by molar-refractivity contribution is 8.00. The van der Waals surface area contributed by atoms with E-state index in [1.807, 2.05) is 0 Å². The monoisotopic (exact) mass is 396 g/mol. The van der Waals surface area contributed by atoms with Crippen molar-refractivity contribution in [3.63, 3.8) is 0 Å². The maximum Gasteiger partial charge on any atom is 0.445 e. The van der Waals surface area contributed by atoms with Crippen LogP contribution >= 0.6 is 11.8 Å². The Hall–Kier alpha value is -2.30. The number of halogens is 5. The molecule has 0 aromatic carbocycles. The van der Waals surface area contributed by atoms with Gasteiger partial charge in [0.05, 0.1) is 0 Å². The first-order chi connectivity index (χ1) is 12.2. The molecule has 0 fully saturated rings. The molecule has 0 radical (unpaired) electrons. The number of ether oxygens (including phenoxy) is 3. The Kier molecular flexibility index (Phi) is 6.83. The minimum atomic E-state index is -4.44. The molecule has 11 heteroatoms. The first kappa shape index (κ1) is 20.0. The van der Waals surface area contributed by atoms with Crippen LogP contribution in [0.5, 0.6) is 23.4 Å². The third-order valence-corrected chi connectivity index (χ3v) is 3.65. The Balaban J connectivity index is 2.07. The first-order valence-corrected chi connectivity index (χ1v) is 8.10. The summed E-state index contributed by atoms with van der Waals surface area (Å²) in [5.41, 5.74) is -5.60. The summed E-state index contributed by atoms with van der Waals surface area (Å²) >= 11 is -0.285. The van der Waals surface area contributed by atoms with Gasteiger partial charge in [-0.25, -0.2) is 4.98 Å². The van der Waals surface area contributed by atoms with Gasteiger partial charge in [0, 0.05) is 24.4 Å². The van der Waals surface area contributed by atoms with Gasteiger partial charge in [0.1, 0.15) is 5.75 Å². The van der Waals surface area contributed by atoms with Gasteiger partial charge in [0.15, 0.2) is 5.44 Å². The van der Waals surface area contributed by atoms with E-state index in [0.29, 0.717) is 0 Å². The van der Waals surface area contributed by atoms with Crippen molar-refractivity contribution in [1.29, 1.82) is 0 Å². The normalized spacial score (nSPS) is 12.7. The Morgan fingerprint density at radius 1 is 1.08 bits per heavy atom. The second-order valence-corrected chi connectivity index (χ2v) is 5.87. The van der Waals surface area contributed by atoms with Crippen molar-refractivity contribution in [1.82, 2.24) is 9.97 Å². The summed E-state index contributed by atoms with van der Waals surface area (Å²) in [5.74, 6) is -0.303. The van der Waals surface area contributed by atoms with Crippen LogP contribution in [0.4, 0.5) is 22.0 Å². The number of alkyl halides is 5. The fraction of sp³-hybridized carbons (Fsp3) is 0.333.